The third-order valence-corrected chi connectivity index (χ3v) is 7.48. The quantitative estimate of drug-likeness (QED) is 0.358. The molecule has 0 atom stereocenters. The second-order valence-corrected chi connectivity index (χ2v) is 10.4. The summed E-state index contributed by atoms with van der Waals surface area (Å²) in [4.78, 5) is 17.3. The molecule has 4 N–H and O–H groups in total. The van der Waals surface area contributed by atoms with Crippen LogP contribution in [0.2, 0.25) is 0 Å². The molecule has 2 heterocycles. The van der Waals surface area contributed by atoms with E-state index in [1.165, 1.54) is 0 Å². The maximum atomic E-state index is 13.5. The van der Waals surface area contributed by atoms with Gasteiger partial charge in [0.25, 0.3) is 0 Å². The third kappa shape index (κ3) is 4.30. The van der Waals surface area contributed by atoms with Crippen LogP contribution in [0.3, 0.4) is 0 Å². The first-order valence-electron chi connectivity index (χ1n) is 12.4. The van der Waals surface area contributed by atoms with Gasteiger partial charge in [-0.25, -0.2) is 0 Å². The second kappa shape index (κ2) is 8.97. The number of likely N-dealkylation sites (tertiary alicyclic amines) is 1. The van der Waals surface area contributed by atoms with E-state index < -0.39 is 5.41 Å². The zero-order valence-corrected chi connectivity index (χ0v) is 21.1. The summed E-state index contributed by atoms with van der Waals surface area (Å²) in [5.41, 5.74) is 9.36. The number of benzene rings is 3. The fourth-order valence-electron chi connectivity index (χ4n) is 5.26. The van der Waals surface area contributed by atoms with Gasteiger partial charge in [0.2, 0.25) is 5.91 Å². The lowest BCUT2D eigenvalue weighted by Gasteiger charge is -2.32. The van der Waals surface area contributed by atoms with Gasteiger partial charge in [-0.3, -0.25) is 10.2 Å². The molecule has 7 heteroatoms. The van der Waals surface area contributed by atoms with Crippen molar-refractivity contribution in [3.05, 3.63) is 71.3 Å². The zero-order valence-electron chi connectivity index (χ0n) is 21.1. The number of anilines is 1. The molecule has 7 nitrogen and oxygen atoms in total. The Hall–Kier alpha value is -3.87. The van der Waals surface area contributed by atoms with Crippen molar-refractivity contribution in [2.75, 3.05) is 18.0 Å². The highest BCUT2D eigenvalue weighted by molar-refractivity contribution is 6.07. The van der Waals surface area contributed by atoms with Gasteiger partial charge in [-0.2, -0.15) is 0 Å². The Morgan fingerprint density at radius 2 is 1.75 bits per heavy atom. The summed E-state index contributed by atoms with van der Waals surface area (Å²) in [5.74, 6) is 0.967. The monoisotopic (exact) mass is 483 g/mol. The molecule has 0 spiro atoms. The number of fused-ring (bicyclic) bond motifs is 2. The van der Waals surface area contributed by atoms with Gasteiger partial charge in [-0.15, -0.1) is 0 Å². The molecule has 2 aliphatic heterocycles. The minimum absolute atomic E-state index is 0.0714. The molecule has 0 radical (unpaired) electrons. The predicted octanol–water partition coefficient (Wildman–Crippen LogP) is 4.79. The summed E-state index contributed by atoms with van der Waals surface area (Å²) < 4.78 is 6.28. The van der Waals surface area contributed by atoms with Crippen molar-refractivity contribution in [3.63, 3.8) is 0 Å². The number of rotatable bonds is 5. The van der Waals surface area contributed by atoms with E-state index in [1.807, 2.05) is 60.0 Å². The summed E-state index contributed by atoms with van der Waals surface area (Å²) in [6.45, 7) is 7.67. The van der Waals surface area contributed by atoms with Crippen LogP contribution in [0.4, 0.5) is 5.69 Å². The highest BCUT2D eigenvalue weighted by Crippen LogP contribution is 2.44. The van der Waals surface area contributed by atoms with E-state index in [4.69, 9.17) is 21.3 Å². The standard InChI is InChI=1S/C29H33N5O2/c1-18(30)21-7-6-20-5-4-19(14-22(20)15-21)17-34-26-9-8-24(16-25(26)29(2,3)27(34)35)36-23-10-12-33(13-11-23)28(31)32/h4-9,14-16,23,30H,10-13,17H2,1-3H3,(H3,31,32). The number of guanidine groups is 1. The SMILES string of the molecule is CC(=N)c1ccc2ccc(CN3C(=O)C(C)(C)c4cc(OC5CCN(C(=N)N)CC5)ccc43)cc2c1. The number of carbonyl (C=O) groups excluding carboxylic acids is 1. The summed E-state index contributed by atoms with van der Waals surface area (Å²) in [5, 5.41) is 17.7. The van der Waals surface area contributed by atoms with Crippen molar-refractivity contribution < 1.29 is 9.53 Å². The molecule has 1 amide bonds. The van der Waals surface area contributed by atoms with Crippen molar-refractivity contribution in [1.82, 2.24) is 4.90 Å². The first-order chi connectivity index (χ1) is 17.1. The third-order valence-electron chi connectivity index (χ3n) is 7.48. The van der Waals surface area contributed by atoms with Crippen LogP contribution in [0, 0.1) is 10.8 Å². The van der Waals surface area contributed by atoms with Gasteiger partial charge in [-0.1, -0.05) is 24.3 Å². The van der Waals surface area contributed by atoms with Crippen LogP contribution < -0.4 is 15.4 Å². The van der Waals surface area contributed by atoms with Gasteiger partial charge >= 0.3 is 0 Å². The van der Waals surface area contributed by atoms with Crippen LogP contribution in [-0.2, 0) is 16.8 Å². The largest absolute Gasteiger partial charge is 0.490 e. The first-order valence-corrected chi connectivity index (χ1v) is 12.4. The van der Waals surface area contributed by atoms with Crippen molar-refractivity contribution >= 4 is 34.0 Å². The van der Waals surface area contributed by atoms with Crippen molar-refractivity contribution in [1.29, 1.82) is 10.8 Å². The van der Waals surface area contributed by atoms with E-state index in [-0.39, 0.29) is 18.0 Å². The van der Waals surface area contributed by atoms with Crippen molar-refractivity contribution in [3.8, 4) is 5.75 Å². The molecule has 0 unspecified atom stereocenters. The summed E-state index contributed by atoms with van der Waals surface area (Å²) in [6, 6.07) is 18.3. The number of nitrogens with two attached hydrogens (primary N) is 1. The number of hydrogen-bond acceptors (Lipinski definition) is 4. The molecular formula is C29H33N5O2. The first kappa shape index (κ1) is 23.9. The normalized spacial score (nSPS) is 17.4. The van der Waals surface area contributed by atoms with Crippen molar-refractivity contribution in [2.24, 2.45) is 5.73 Å². The molecule has 0 aliphatic carbocycles. The number of ether oxygens (including phenoxy) is 1. The Balaban J connectivity index is 1.38. The molecule has 0 saturated carbocycles. The topological polar surface area (TPSA) is 106 Å². The number of nitrogens with one attached hydrogen (secondary N) is 2. The molecular weight excluding hydrogens is 450 g/mol. The lowest BCUT2D eigenvalue weighted by molar-refractivity contribution is -0.122. The van der Waals surface area contributed by atoms with Crippen LogP contribution in [0.25, 0.3) is 10.8 Å². The number of nitrogens with zero attached hydrogens (tertiary/aromatic N) is 2. The molecule has 36 heavy (non-hydrogen) atoms. The molecule has 3 aromatic carbocycles. The van der Waals surface area contributed by atoms with E-state index >= 15 is 0 Å². The fraction of sp³-hybridized carbons (Fsp3) is 0.345. The van der Waals surface area contributed by atoms with Gasteiger partial charge < -0.3 is 25.7 Å². The number of carbonyl (C=O) groups is 1. The van der Waals surface area contributed by atoms with Gasteiger partial charge in [0.15, 0.2) is 5.96 Å². The van der Waals surface area contributed by atoms with Gasteiger partial charge in [0.05, 0.1) is 12.0 Å². The van der Waals surface area contributed by atoms with Gasteiger partial charge in [-0.05, 0) is 78.6 Å². The summed E-state index contributed by atoms with van der Waals surface area (Å²) in [6.07, 6.45) is 1.69. The average molecular weight is 484 g/mol. The smallest absolute Gasteiger partial charge is 0.237 e. The van der Waals surface area contributed by atoms with Gasteiger partial charge in [0, 0.05) is 37.3 Å². The number of amides is 1. The molecule has 186 valence electrons. The fourth-order valence-corrected chi connectivity index (χ4v) is 5.26. The van der Waals surface area contributed by atoms with Crippen LogP contribution in [0.1, 0.15) is 50.3 Å². The van der Waals surface area contributed by atoms with Crippen LogP contribution >= 0.6 is 0 Å². The van der Waals surface area contributed by atoms with Crippen LogP contribution in [-0.4, -0.2) is 41.7 Å². The summed E-state index contributed by atoms with van der Waals surface area (Å²) >= 11 is 0. The second-order valence-electron chi connectivity index (χ2n) is 10.4. The Bertz CT molecular complexity index is 1370. The Morgan fingerprint density at radius 1 is 1.03 bits per heavy atom. The Kier molecular flexibility index (Phi) is 5.94. The van der Waals surface area contributed by atoms with E-state index in [0.717, 1.165) is 64.8 Å². The summed E-state index contributed by atoms with van der Waals surface area (Å²) in [7, 11) is 0. The van der Waals surface area contributed by atoms with E-state index in [9.17, 15) is 4.79 Å². The maximum absolute atomic E-state index is 13.5. The Labute approximate surface area is 211 Å². The van der Waals surface area contributed by atoms with Crippen molar-refractivity contribution in [2.45, 2.75) is 51.7 Å². The van der Waals surface area contributed by atoms with Crippen LogP contribution in [0.15, 0.2) is 54.6 Å². The molecule has 1 saturated heterocycles. The number of hydrogen-bond donors (Lipinski definition) is 3. The molecule has 1 fully saturated rings. The van der Waals surface area contributed by atoms with E-state index in [2.05, 4.69) is 18.2 Å². The lowest BCUT2D eigenvalue weighted by Crippen LogP contribution is -2.44. The zero-order chi connectivity index (χ0) is 25.6. The highest BCUT2D eigenvalue weighted by atomic mass is 16.5. The molecule has 5 rings (SSSR count). The highest BCUT2D eigenvalue weighted by Gasteiger charge is 2.44. The predicted molar refractivity (Wildman–Crippen MR) is 144 cm³/mol. The van der Waals surface area contributed by atoms with E-state index in [1.54, 1.807) is 6.92 Å². The Morgan fingerprint density at radius 3 is 2.44 bits per heavy atom. The molecule has 3 aromatic rings. The number of piperidine rings is 1. The molecule has 0 bridgehead atoms. The minimum Gasteiger partial charge on any atom is -0.490 e. The maximum Gasteiger partial charge on any atom is 0.237 e. The minimum atomic E-state index is -0.645. The molecule has 2 aliphatic rings. The lowest BCUT2D eigenvalue weighted by atomic mass is 9.86. The average Bonchev–Trinajstić information content (AvgIpc) is 3.04. The van der Waals surface area contributed by atoms with Crippen LogP contribution in [0.5, 0.6) is 5.75 Å². The van der Waals surface area contributed by atoms with E-state index in [0.29, 0.717) is 12.3 Å². The molecule has 0 aromatic heterocycles. The van der Waals surface area contributed by atoms with Gasteiger partial charge in [0.1, 0.15) is 11.9 Å².